The number of ether oxygens (including phenoxy) is 2. The molecule has 0 bridgehead atoms. The van der Waals surface area contributed by atoms with Crippen LogP contribution in [0.1, 0.15) is 36.2 Å². The molecule has 4 rings (SSSR count). The number of hydrogen-bond acceptors (Lipinski definition) is 4. The molecule has 0 spiro atoms. The number of rotatable bonds is 12. The zero-order valence-corrected chi connectivity index (χ0v) is 22.4. The summed E-state index contributed by atoms with van der Waals surface area (Å²) in [6.45, 7) is 1.46. The van der Waals surface area contributed by atoms with Gasteiger partial charge in [0.15, 0.2) is 11.5 Å². The molecule has 1 N–H and O–H groups in total. The molecule has 0 aliphatic carbocycles. The molecule has 36 heavy (non-hydrogen) atoms. The number of carbonyl (C=O) groups is 1. The lowest BCUT2D eigenvalue weighted by molar-refractivity contribution is -0.120. The highest BCUT2D eigenvalue weighted by Crippen LogP contribution is 2.27. The molecule has 1 amide bonds. The van der Waals surface area contributed by atoms with E-state index in [9.17, 15) is 4.79 Å². The van der Waals surface area contributed by atoms with E-state index in [1.54, 1.807) is 14.2 Å². The third kappa shape index (κ3) is 6.66. The maximum atomic E-state index is 12.4. The first kappa shape index (κ1) is 25.8. The number of methoxy groups -OCH3 is 2. The Hall–Kier alpha value is -3.32. The lowest BCUT2D eigenvalue weighted by Gasteiger charge is -2.11. The second-order valence-corrected chi connectivity index (χ2v) is 9.68. The number of fused-ring (bicyclic) bond motifs is 1. The van der Waals surface area contributed by atoms with Gasteiger partial charge in [-0.3, -0.25) is 4.79 Å². The average molecular weight is 550 g/mol. The number of nitrogens with zero attached hydrogens (tertiary/aromatic N) is 2. The van der Waals surface area contributed by atoms with Gasteiger partial charge >= 0.3 is 0 Å². The topological polar surface area (TPSA) is 65.4 Å². The normalized spacial score (nSPS) is 11.0. The molecule has 3 aromatic carbocycles. The van der Waals surface area contributed by atoms with Gasteiger partial charge in [-0.1, -0.05) is 52.7 Å². The predicted molar refractivity (Wildman–Crippen MR) is 147 cm³/mol. The van der Waals surface area contributed by atoms with Gasteiger partial charge in [0.2, 0.25) is 5.91 Å². The summed E-state index contributed by atoms with van der Waals surface area (Å²) in [4.78, 5) is 17.3. The van der Waals surface area contributed by atoms with Gasteiger partial charge in [-0.15, -0.1) is 0 Å². The quantitative estimate of drug-likeness (QED) is 0.222. The first-order chi connectivity index (χ1) is 17.6. The molecule has 6 nitrogen and oxygen atoms in total. The first-order valence-electron chi connectivity index (χ1n) is 12.2. The molecule has 4 aromatic rings. The van der Waals surface area contributed by atoms with Crippen LogP contribution in [0.2, 0.25) is 0 Å². The summed E-state index contributed by atoms with van der Waals surface area (Å²) >= 11 is 3.58. The van der Waals surface area contributed by atoms with E-state index in [1.807, 2.05) is 30.3 Å². The van der Waals surface area contributed by atoms with Gasteiger partial charge in [-0.05, 0) is 60.4 Å². The summed E-state index contributed by atoms with van der Waals surface area (Å²) in [5, 5.41) is 3.03. The monoisotopic (exact) mass is 549 g/mol. The molecule has 188 valence electrons. The molecule has 0 saturated carbocycles. The number of benzene rings is 3. The number of aryl methyl sites for hydroxylation is 1. The first-order valence-corrected chi connectivity index (χ1v) is 13.0. The van der Waals surface area contributed by atoms with Crippen LogP contribution in [0.4, 0.5) is 0 Å². The number of hydrogen-bond donors (Lipinski definition) is 1. The molecule has 0 radical (unpaired) electrons. The van der Waals surface area contributed by atoms with Crippen LogP contribution in [0.15, 0.2) is 71.2 Å². The third-order valence-corrected chi connectivity index (χ3v) is 6.67. The molecule has 0 saturated heterocycles. The lowest BCUT2D eigenvalue weighted by atomic mass is 10.1. The number of nitrogens with one attached hydrogen (secondary N) is 1. The van der Waals surface area contributed by atoms with Gasteiger partial charge in [0.25, 0.3) is 0 Å². The molecule has 0 aliphatic heterocycles. The zero-order valence-electron chi connectivity index (χ0n) is 20.8. The van der Waals surface area contributed by atoms with Crippen LogP contribution < -0.4 is 14.8 Å². The summed E-state index contributed by atoms with van der Waals surface area (Å²) in [6, 6.07) is 22.3. The van der Waals surface area contributed by atoms with Gasteiger partial charge in [-0.2, -0.15) is 0 Å². The fourth-order valence-electron chi connectivity index (χ4n) is 4.36. The van der Waals surface area contributed by atoms with Gasteiger partial charge in [-0.25, -0.2) is 4.98 Å². The van der Waals surface area contributed by atoms with Crippen molar-refractivity contribution in [3.63, 3.8) is 0 Å². The molecule has 0 fully saturated rings. The summed E-state index contributed by atoms with van der Waals surface area (Å²) in [5.41, 5.74) is 4.33. The number of halogens is 1. The SMILES string of the molecule is COc1ccc(CC(=O)NCCCCCc2nc3ccccc3n2Cc2cccc(Br)c2)cc1OC. The maximum absolute atomic E-state index is 12.4. The number of amides is 1. The minimum atomic E-state index is 0.0121. The van der Waals surface area contributed by atoms with Crippen molar-refractivity contribution in [1.82, 2.24) is 14.9 Å². The van der Waals surface area contributed by atoms with Crippen molar-refractivity contribution in [3.05, 3.63) is 88.2 Å². The van der Waals surface area contributed by atoms with E-state index in [1.165, 1.54) is 5.56 Å². The largest absolute Gasteiger partial charge is 0.493 e. The highest BCUT2D eigenvalue weighted by Gasteiger charge is 2.12. The minimum absolute atomic E-state index is 0.0121. The third-order valence-electron chi connectivity index (χ3n) is 6.18. The lowest BCUT2D eigenvalue weighted by Crippen LogP contribution is -2.26. The van der Waals surface area contributed by atoms with Gasteiger partial charge in [0.05, 0.1) is 31.7 Å². The van der Waals surface area contributed by atoms with Crippen molar-refractivity contribution in [2.45, 2.75) is 38.6 Å². The van der Waals surface area contributed by atoms with Gasteiger partial charge in [0.1, 0.15) is 5.82 Å². The van der Waals surface area contributed by atoms with Crippen LogP contribution in [0.3, 0.4) is 0 Å². The van der Waals surface area contributed by atoms with Gasteiger partial charge in [0, 0.05) is 24.0 Å². The fraction of sp³-hybridized carbons (Fsp3) is 0.310. The predicted octanol–water partition coefficient (Wildman–Crippen LogP) is 5.94. The molecule has 0 unspecified atom stereocenters. The van der Waals surface area contributed by atoms with Gasteiger partial charge < -0.3 is 19.4 Å². The second-order valence-electron chi connectivity index (χ2n) is 8.76. The number of para-hydroxylation sites is 2. The molecule has 1 aromatic heterocycles. The number of unbranched alkanes of at least 4 members (excludes halogenated alkanes) is 2. The molecule has 7 heteroatoms. The van der Waals surface area contributed by atoms with Crippen molar-refractivity contribution in [2.24, 2.45) is 0 Å². The summed E-state index contributed by atoms with van der Waals surface area (Å²) in [7, 11) is 3.19. The average Bonchev–Trinajstić information content (AvgIpc) is 3.23. The van der Waals surface area contributed by atoms with E-state index in [4.69, 9.17) is 14.5 Å². The summed E-state index contributed by atoms with van der Waals surface area (Å²) in [6.07, 6.45) is 4.20. The van der Waals surface area contributed by atoms with E-state index in [-0.39, 0.29) is 5.91 Å². The van der Waals surface area contributed by atoms with Crippen LogP contribution in [0.25, 0.3) is 11.0 Å². The van der Waals surface area contributed by atoms with Crippen LogP contribution in [-0.4, -0.2) is 36.2 Å². The van der Waals surface area contributed by atoms with Crippen molar-refractivity contribution in [2.75, 3.05) is 20.8 Å². The van der Waals surface area contributed by atoms with E-state index >= 15 is 0 Å². The summed E-state index contributed by atoms with van der Waals surface area (Å²) in [5.74, 6) is 2.41. The number of carbonyl (C=O) groups excluding carboxylic acids is 1. The molecule has 0 atom stereocenters. The highest BCUT2D eigenvalue weighted by molar-refractivity contribution is 9.10. The van der Waals surface area contributed by atoms with Crippen molar-refractivity contribution >= 4 is 32.9 Å². The number of aromatic nitrogens is 2. The Morgan fingerprint density at radius 3 is 2.56 bits per heavy atom. The van der Waals surface area contributed by atoms with Crippen LogP contribution in [0.5, 0.6) is 11.5 Å². The standard InChI is InChI=1S/C29H32BrN3O3/c1-35-26-15-14-21(18-27(26)36-2)19-29(34)31-16-7-3-4-13-28-32-24-11-5-6-12-25(24)33(28)20-22-9-8-10-23(30)17-22/h5-6,8-12,14-15,17-18H,3-4,7,13,16,19-20H2,1-2H3,(H,31,34). The van der Waals surface area contributed by atoms with E-state index in [0.717, 1.165) is 59.1 Å². The van der Waals surface area contributed by atoms with Crippen LogP contribution >= 0.6 is 15.9 Å². The minimum Gasteiger partial charge on any atom is -0.493 e. The Morgan fingerprint density at radius 2 is 1.75 bits per heavy atom. The Kier molecular flexibility index (Phi) is 9.01. The molecule has 1 heterocycles. The summed E-state index contributed by atoms with van der Waals surface area (Å²) < 4.78 is 14.0. The van der Waals surface area contributed by atoms with E-state index < -0.39 is 0 Å². The zero-order chi connectivity index (χ0) is 25.3. The maximum Gasteiger partial charge on any atom is 0.224 e. The molecule has 0 aliphatic rings. The fourth-order valence-corrected chi connectivity index (χ4v) is 4.81. The Morgan fingerprint density at radius 1 is 0.917 bits per heavy atom. The number of imidazole rings is 1. The molecular weight excluding hydrogens is 518 g/mol. The van der Waals surface area contributed by atoms with Crippen LogP contribution in [0, 0.1) is 0 Å². The Labute approximate surface area is 220 Å². The Balaban J connectivity index is 1.26. The van der Waals surface area contributed by atoms with E-state index in [2.05, 4.69) is 62.2 Å². The smallest absolute Gasteiger partial charge is 0.224 e. The van der Waals surface area contributed by atoms with E-state index in [0.29, 0.717) is 24.5 Å². The Bertz CT molecular complexity index is 1320. The van der Waals surface area contributed by atoms with Crippen molar-refractivity contribution < 1.29 is 14.3 Å². The highest BCUT2D eigenvalue weighted by atomic mass is 79.9. The van der Waals surface area contributed by atoms with Crippen molar-refractivity contribution in [3.8, 4) is 11.5 Å². The molecular formula is C29H32BrN3O3. The second kappa shape index (κ2) is 12.6. The van der Waals surface area contributed by atoms with Crippen molar-refractivity contribution in [1.29, 1.82) is 0 Å². The van der Waals surface area contributed by atoms with Crippen LogP contribution in [-0.2, 0) is 24.2 Å².